The number of halogens is 1. The molecule has 1 unspecified atom stereocenters. The molecule has 0 radical (unpaired) electrons. The molecule has 7 heteroatoms. The quantitative estimate of drug-likeness (QED) is 0.322. The minimum atomic E-state index is 0. The highest BCUT2D eigenvalue weighted by molar-refractivity contribution is 14.0. The van der Waals surface area contributed by atoms with Crippen LogP contribution in [0.15, 0.2) is 53.7 Å². The van der Waals surface area contributed by atoms with Crippen LogP contribution >= 0.6 is 24.0 Å². The van der Waals surface area contributed by atoms with E-state index < -0.39 is 0 Å². The van der Waals surface area contributed by atoms with Gasteiger partial charge in [-0.15, -0.1) is 24.0 Å². The first-order valence-electron chi connectivity index (χ1n) is 11.3. The number of aromatic nitrogens is 1. The number of benzene rings is 1. The molecular weight excluding hydrogens is 499 g/mol. The van der Waals surface area contributed by atoms with Crippen LogP contribution in [0.5, 0.6) is 0 Å². The highest BCUT2D eigenvalue weighted by Crippen LogP contribution is 2.24. The van der Waals surface area contributed by atoms with E-state index in [9.17, 15) is 0 Å². The summed E-state index contributed by atoms with van der Waals surface area (Å²) in [5.74, 6) is 1.93. The van der Waals surface area contributed by atoms with Crippen molar-refractivity contribution in [2.45, 2.75) is 38.3 Å². The molecule has 2 aliphatic heterocycles. The van der Waals surface area contributed by atoms with Crippen molar-refractivity contribution in [2.24, 2.45) is 4.99 Å². The molecule has 2 N–H and O–H groups in total. The van der Waals surface area contributed by atoms with E-state index in [0.717, 1.165) is 38.0 Å². The summed E-state index contributed by atoms with van der Waals surface area (Å²) >= 11 is 0. The number of rotatable bonds is 7. The van der Waals surface area contributed by atoms with Gasteiger partial charge in [0.2, 0.25) is 0 Å². The maximum absolute atomic E-state index is 4.55. The second kappa shape index (κ2) is 12.2. The van der Waals surface area contributed by atoms with Crippen LogP contribution in [0.2, 0.25) is 0 Å². The summed E-state index contributed by atoms with van der Waals surface area (Å²) in [4.78, 5) is 14.0. The van der Waals surface area contributed by atoms with Crippen molar-refractivity contribution in [3.63, 3.8) is 0 Å². The molecule has 2 saturated heterocycles. The lowest BCUT2D eigenvalue weighted by molar-refractivity contribution is 0.245. The predicted octanol–water partition coefficient (Wildman–Crippen LogP) is 3.80. The molecule has 2 aliphatic rings. The van der Waals surface area contributed by atoms with Crippen molar-refractivity contribution in [3.8, 4) is 0 Å². The zero-order valence-corrected chi connectivity index (χ0v) is 20.8. The lowest BCUT2D eigenvalue weighted by atomic mass is 10.1. The number of nitrogens with zero attached hydrogens (tertiary/aromatic N) is 4. The Labute approximate surface area is 203 Å². The molecule has 1 aromatic carbocycles. The molecule has 0 bridgehead atoms. The molecule has 0 spiro atoms. The highest BCUT2D eigenvalue weighted by Gasteiger charge is 2.23. The van der Waals surface area contributed by atoms with Crippen molar-refractivity contribution >= 4 is 35.8 Å². The Hall–Kier alpha value is -1.87. The number of hydrogen-bond acceptors (Lipinski definition) is 4. The maximum atomic E-state index is 4.55. The van der Waals surface area contributed by atoms with Gasteiger partial charge in [0.25, 0.3) is 0 Å². The molecule has 168 valence electrons. The lowest BCUT2D eigenvalue weighted by Gasteiger charge is -2.29. The Morgan fingerprint density at radius 1 is 1.00 bits per heavy atom. The first-order valence-corrected chi connectivity index (χ1v) is 11.3. The van der Waals surface area contributed by atoms with Crippen LogP contribution in [-0.4, -0.2) is 55.6 Å². The van der Waals surface area contributed by atoms with Crippen LogP contribution in [0, 0.1) is 0 Å². The topological polar surface area (TPSA) is 55.8 Å². The minimum absolute atomic E-state index is 0. The summed E-state index contributed by atoms with van der Waals surface area (Å²) in [6.45, 7) is 6.16. The van der Waals surface area contributed by atoms with Crippen molar-refractivity contribution in [2.75, 3.05) is 44.7 Å². The minimum Gasteiger partial charge on any atom is -0.357 e. The average Bonchev–Trinajstić information content (AvgIpc) is 3.52. The predicted molar refractivity (Wildman–Crippen MR) is 139 cm³/mol. The molecule has 1 atom stereocenters. The summed E-state index contributed by atoms with van der Waals surface area (Å²) in [6, 6.07) is 15.5. The van der Waals surface area contributed by atoms with E-state index in [4.69, 9.17) is 0 Å². The Balaban J connectivity index is 0.00000272. The third kappa shape index (κ3) is 6.55. The summed E-state index contributed by atoms with van der Waals surface area (Å²) in [7, 11) is 1.84. The van der Waals surface area contributed by atoms with Gasteiger partial charge in [-0.05, 0) is 62.0 Å². The van der Waals surface area contributed by atoms with Crippen LogP contribution in [0.1, 0.15) is 42.9 Å². The van der Waals surface area contributed by atoms with Gasteiger partial charge in [-0.1, -0.05) is 30.3 Å². The fourth-order valence-corrected chi connectivity index (χ4v) is 4.48. The van der Waals surface area contributed by atoms with Gasteiger partial charge in [-0.2, -0.15) is 0 Å². The van der Waals surface area contributed by atoms with Gasteiger partial charge in [0.05, 0.1) is 6.04 Å². The number of likely N-dealkylation sites (tertiary alicyclic amines) is 1. The fraction of sp³-hybridized carbons (Fsp3) is 0.500. The first kappa shape index (κ1) is 23.8. The molecule has 0 saturated carbocycles. The number of aliphatic imine (C=N–C) groups is 1. The zero-order chi connectivity index (χ0) is 20.6. The Bertz CT molecular complexity index is 816. The van der Waals surface area contributed by atoms with E-state index in [1.54, 1.807) is 0 Å². The summed E-state index contributed by atoms with van der Waals surface area (Å²) in [5, 5.41) is 7.03. The van der Waals surface area contributed by atoms with Gasteiger partial charge >= 0.3 is 0 Å². The molecule has 2 fully saturated rings. The van der Waals surface area contributed by atoms with Crippen LogP contribution in [0.3, 0.4) is 0 Å². The highest BCUT2D eigenvalue weighted by atomic mass is 127. The van der Waals surface area contributed by atoms with Crippen molar-refractivity contribution < 1.29 is 0 Å². The lowest BCUT2D eigenvalue weighted by Crippen LogP contribution is -2.42. The van der Waals surface area contributed by atoms with E-state index in [1.807, 2.05) is 13.2 Å². The van der Waals surface area contributed by atoms with Crippen LogP contribution < -0.4 is 15.5 Å². The van der Waals surface area contributed by atoms with Crippen molar-refractivity contribution in [1.82, 2.24) is 20.5 Å². The summed E-state index contributed by atoms with van der Waals surface area (Å²) < 4.78 is 0. The summed E-state index contributed by atoms with van der Waals surface area (Å²) in [5.41, 5.74) is 2.60. The number of anilines is 1. The van der Waals surface area contributed by atoms with Crippen molar-refractivity contribution in [3.05, 3.63) is 59.8 Å². The number of guanidine groups is 1. The Morgan fingerprint density at radius 2 is 1.71 bits per heavy atom. The van der Waals surface area contributed by atoms with E-state index >= 15 is 0 Å². The molecule has 3 heterocycles. The third-order valence-corrected chi connectivity index (χ3v) is 6.15. The molecule has 6 nitrogen and oxygen atoms in total. The molecular formula is C24H35IN6. The fourth-order valence-electron chi connectivity index (χ4n) is 4.48. The molecule has 31 heavy (non-hydrogen) atoms. The van der Waals surface area contributed by atoms with E-state index in [-0.39, 0.29) is 24.0 Å². The van der Waals surface area contributed by atoms with Crippen LogP contribution in [0.25, 0.3) is 0 Å². The van der Waals surface area contributed by atoms with Crippen molar-refractivity contribution in [1.29, 1.82) is 0 Å². The second-order valence-electron chi connectivity index (χ2n) is 8.19. The number of nitrogens with one attached hydrogen (secondary N) is 2. The average molecular weight is 534 g/mol. The second-order valence-corrected chi connectivity index (χ2v) is 8.19. The third-order valence-electron chi connectivity index (χ3n) is 6.15. The molecule has 0 aliphatic carbocycles. The first-order chi connectivity index (χ1) is 14.8. The molecule has 2 aromatic rings. The van der Waals surface area contributed by atoms with Gasteiger partial charge in [0.15, 0.2) is 5.96 Å². The van der Waals surface area contributed by atoms with Crippen LogP contribution in [0.4, 0.5) is 5.82 Å². The SMILES string of the molecule is CN=C(NCc1ccnc(N2CCCC2)c1)NCC(c1ccccc1)N1CCCC1.I. The van der Waals surface area contributed by atoms with Crippen LogP contribution in [-0.2, 0) is 6.54 Å². The Kier molecular flexibility index (Phi) is 9.39. The van der Waals surface area contributed by atoms with E-state index in [2.05, 4.69) is 72.9 Å². The number of hydrogen-bond donors (Lipinski definition) is 2. The number of pyridine rings is 1. The maximum Gasteiger partial charge on any atom is 0.191 e. The van der Waals surface area contributed by atoms with Gasteiger partial charge in [-0.3, -0.25) is 9.89 Å². The van der Waals surface area contributed by atoms with E-state index in [0.29, 0.717) is 6.04 Å². The van der Waals surface area contributed by atoms with Gasteiger partial charge in [0.1, 0.15) is 5.82 Å². The molecule has 0 amide bonds. The zero-order valence-electron chi connectivity index (χ0n) is 18.5. The summed E-state index contributed by atoms with van der Waals surface area (Å²) in [6.07, 6.45) is 7.02. The van der Waals surface area contributed by atoms with E-state index in [1.165, 1.54) is 49.9 Å². The molecule has 4 rings (SSSR count). The molecule has 1 aromatic heterocycles. The standard InChI is InChI=1S/C24H34N6.HI/c1-25-24(27-18-20-11-12-26-23(17-20)30-15-7-8-16-30)28-19-22(29-13-5-6-14-29)21-9-3-2-4-10-21;/h2-4,9-12,17,22H,5-8,13-16,18-19H2,1H3,(H2,25,27,28);1H. The monoisotopic (exact) mass is 534 g/mol. The van der Waals surface area contributed by atoms with Gasteiger partial charge in [0, 0.05) is 39.4 Å². The smallest absolute Gasteiger partial charge is 0.191 e. The normalized spacial score (nSPS) is 18.0. The largest absolute Gasteiger partial charge is 0.357 e. The Morgan fingerprint density at radius 3 is 2.42 bits per heavy atom. The van der Waals surface area contributed by atoms with Gasteiger partial charge in [-0.25, -0.2) is 4.98 Å². The van der Waals surface area contributed by atoms with Gasteiger partial charge < -0.3 is 15.5 Å².